The molecule has 2 aromatic carbocycles. The molecule has 0 bridgehead atoms. The van der Waals surface area contributed by atoms with Crippen LogP contribution in [0.25, 0.3) is 0 Å². The fraction of sp³-hybridized carbons (Fsp3) is 0.143. The quantitative estimate of drug-likeness (QED) is 0.513. The van der Waals surface area contributed by atoms with E-state index in [4.69, 9.17) is 4.84 Å². The molecule has 1 N–H and O–H groups in total. The maximum absolute atomic E-state index is 5.31. The fourth-order valence-electron chi connectivity index (χ4n) is 2.72. The highest BCUT2D eigenvalue weighted by molar-refractivity contribution is 5.84. The Hall–Kier alpha value is -3.14. The minimum atomic E-state index is 0.706. The van der Waals surface area contributed by atoms with Crippen LogP contribution >= 0.6 is 0 Å². The summed E-state index contributed by atoms with van der Waals surface area (Å²) in [6.45, 7) is 6.27. The molecule has 0 aliphatic rings. The number of nitrogens with zero attached hydrogens (tertiary/aromatic N) is 2. The van der Waals surface area contributed by atoms with Crippen LogP contribution in [0.4, 0.5) is 5.69 Å². The number of rotatable bonds is 5. The number of aromatic nitrogens is 1. The maximum Gasteiger partial charge on any atom is 0.157 e. The largest absolute Gasteiger partial charge is 0.357 e. The van der Waals surface area contributed by atoms with Crippen LogP contribution in [-0.4, -0.2) is 17.4 Å². The van der Waals surface area contributed by atoms with E-state index in [9.17, 15) is 0 Å². The molecule has 0 spiro atoms. The molecule has 3 rings (SSSR count). The maximum atomic E-state index is 5.31. The molecule has 4 heteroatoms. The number of benzene rings is 2. The Balaban J connectivity index is 1.68. The second kappa shape index (κ2) is 7.62. The van der Waals surface area contributed by atoms with E-state index in [1.54, 1.807) is 6.21 Å². The molecule has 0 aliphatic heterocycles. The number of para-hydroxylation sites is 1. The zero-order valence-electron chi connectivity index (χ0n) is 14.7. The third kappa shape index (κ3) is 4.44. The lowest BCUT2D eigenvalue weighted by Crippen LogP contribution is -1.89. The molecule has 0 amide bonds. The van der Waals surface area contributed by atoms with E-state index >= 15 is 0 Å². The van der Waals surface area contributed by atoms with Crippen molar-refractivity contribution in [2.75, 3.05) is 0 Å². The Bertz CT molecular complexity index is 885. The van der Waals surface area contributed by atoms with Gasteiger partial charge in [-0.15, -0.1) is 0 Å². The monoisotopic (exact) mass is 331 g/mol. The molecule has 0 saturated heterocycles. The van der Waals surface area contributed by atoms with Crippen LogP contribution in [-0.2, 0) is 0 Å². The van der Waals surface area contributed by atoms with Crippen molar-refractivity contribution in [3.8, 4) is 5.75 Å². The van der Waals surface area contributed by atoms with Crippen LogP contribution in [0.2, 0.25) is 0 Å². The lowest BCUT2D eigenvalue weighted by atomic mass is 10.1. The molecule has 126 valence electrons. The third-order valence-electron chi connectivity index (χ3n) is 3.79. The predicted octanol–water partition coefficient (Wildman–Crippen LogP) is 5.10. The van der Waals surface area contributed by atoms with Crippen LogP contribution in [0.3, 0.4) is 0 Å². The number of H-pyrrole nitrogens is 1. The molecule has 0 aliphatic carbocycles. The van der Waals surface area contributed by atoms with Gasteiger partial charge in [0.15, 0.2) is 5.75 Å². The topological polar surface area (TPSA) is 49.7 Å². The lowest BCUT2D eigenvalue weighted by Gasteiger charge is -2.05. The van der Waals surface area contributed by atoms with Crippen LogP contribution in [0.5, 0.6) is 5.75 Å². The van der Waals surface area contributed by atoms with Crippen molar-refractivity contribution in [2.24, 2.45) is 10.1 Å². The molecule has 4 nitrogen and oxygen atoms in total. The molecule has 0 unspecified atom stereocenters. The van der Waals surface area contributed by atoms with Gasteiger partial charge < -0.3 is 9.82 Å². The number of hydrogen-bond acceptors (Lipinski definition) is 3. The van der Waals surface area contributed by atoms with E-state index in [1.807, 2.05) is 48.7 Å². The van der Waals surface area contributed by atoms with Gasteiger partial charge in [-0.3, -0.25) is 4.99 Å². The van der Waals surface area contributed by atoms with Gasteiger partial charge in [0.25, 0.3) is 0 Å². The van der Waals surface area contributed by atoms with Crippen molar-refractivity contribution in [3.05, 3.63) is 82.7 Å². The normalized spacial score (nSPS) is 11.5. The van der Waals surface area contributed by atoms with Gasteiger partial charge in [0.05, 0.1) is 29.5 Å². The molecule has 0 saturated carbocycles. The summed E-state index contributed by atoms with van der Waals surface area (Å²) < 4.78 is 0. The van der Waals surface area contributed by atoms with E-state index < -0.39 is 0 Å². The highest BCUT2D eigenvalue weighted by Crippen LogP contribution is 2.24. The van der Waals surface area contributed by atoms with Crippen molar-refractivity contribution in [2.45, 2.75) is 20.8 Å². The summed E-state index contributed by atoms with van der Waals surface area (Å²) in [5, 5.41) is 3.98. The molecule has 0 radical (unpaired) electrons. The standard InChI is InChI=1S/C21H21N3O/c1-15-11-16(2)21(17(3)12-15)22-13-18-9-10-19(24-18)14-23-25-20-7-5-4-6-8-20/h4-14,24H,1-3H3. The van der Waals surface area contributed by atoms with Gasteiger partial charge in [-0.2, -0.15) is 0 Å². The second-order valence-corrected chi connectivity index (χ2v) is 6.01. The van der Waals surface area contributed by atoms with E-state index in [1.165, 1.54) is 16.7 Å². The molecule has 25 heavy (non-hydrogen) atoms. The summed E-state index contributed by atoms with van der Waals surface area (Å²) in [7, 11) is 0. The lowest BCUT2D eigenvalue weighted by molar-refractivity contribution is 0.344. The summed E-state index contributed by atoms with van der Waals surface area (Å²) in [5.41, 5.74) is 6.40. The fourth-order valence-corrected chi connectivity index (χ4v) is 2.72. The molecule has 0 atom stereocenters. The van der Waals surface area contributed by atoms with Crippen LogP contribution in [0.15, 0.2) is 64.7 Å². The zero-order chi connectivity index (χ0) is 17.6. The Labute approximate surface area is 147 Å². The van der Waals surface area contributed by atoms with Gasteiger partial charge in [-0.25, -0.2) is 0 Å². The van der Waals surface area contributed by atoms with Gasteiger partial charge in [-0.1, -0.05) is 41.1 Å². The van der Waals surface area contributed by atoms with E-state index in [2.05, 4.69) is 48.0 Å². The first-order chi connectivity index (χ1) is 12.1. The number of aliphatic imine (C=N–C) groups is 1. The van der Waals surface area contributed by atoms with Gasteiger partial charge >= 0.3 is 0 Å². The Morgan fingerprint density at radius 1 is 0.840 bits per heavy atom. The molecule has 1 heterocycles. The highest BCUT2D eigenvalue weighted by Gasteiger charge is 2.02. The smallest absolute Gasteiger partial charge is 0.157 e. The Kier molecular flexibility index (Phi) is 5.09. The summed E-state index contributed by atoms with van der Waals surface area (Å²) in [4.78, 5) is 13.2. The van der Waals surface area contributed by atoms with E-state index in [-0.39, 0.29) is 0 Å². The highest BCUT2D eigenvalue weighted by atomic mass is 16.6. The Morgan fingerprint density at radius 3 is 2.16 bits per heavy atom. The molecule has 3 aromatic rings. The summed E-state index contributed by atoms with van der Waals surface area (Å²) in [5.74, 6) is 0.706. The minimum Gasteiger partial charge on any atom is -0.357 e. The van der Waals surface area contributed by atoms with Gasteiger partial charge in [-0.05, 0) is 56.2 Å². The summed E-state index contributed by atoms with van der Waals surface area (Å²) in [6.07, 6.45) is 3.48. The first-order valence-electron chi connectivity index (χ1n) is 8.18. The molecule has 0 fully saturated rings. The summed E-state index contributed by atoms with van der Waals surface area (Å²) >= 11 is 0. The van der Waals surface area contributed by atoms with Crippen LogP contribution in [0, 0.1) is 20.8 Å². The minimum absolute atomic E-state index is 0.706. The van der Waals surface area contributed by atoms with E-state index in [0.717, 1.165) is 17.1 Å². The number of nitrogens with one attached hydrogen (secondary N) is 1. The number of aromatic amines is 1. The van der Waals surface area contributed by atoms with Gasteiger partial charge in [0.1, 0.15) is 0 Å². The van der Waals surface area contributed by atoms with Gasteiger partial charge in [0.2, 0.25) is 0 Å². The average Bonchev–Trinajstić information content (AvgIpc) is 3.03. The van der Waals surface area contributed by atoms with Gasteiger partial charge in [0, 0.05) is 0 Å². The molecular formula is C21H21N3O. The van der Waals surface area contributed by atoms with Crippen LogP contribution in [0.1, 0.15) is 28.1 Å². The number of hydrogen-bond donors (Lipinski definition) is 1. The number of aryl methyl sites for hydroxylation is 3. The zero-order valence-corrected chi connectivity index (χ0v) is 14.7. The Morgan fingerprint density at radius 2 is 1.48 bits per heavy atom. The van der Waals surface area contributed by atoms with Crippen molar-refractivity contribution < 1.29 is 4.84 Å². The second-order valence-electron chi connectivity index (χ2n) is 6.01. The van der Waals surface area contributed by atoms with Crippen molar-refractivity contribution >= 4 is 18.1 Å². The molecular weight excluding hydrogens is 310 g/mol. The SMILES string of the molecule is Cc1cc(C)c(N=Cc2ccc(C=NOc3ccccc3)[nH]2)c(C)c1. The number of oxime groups is 1. The third-order valence-corrected chi connectivity index (χ3v) is 3.79. The predicted molar refractivity (Wildman–Crippen MR) is 103 cm³/mol. The van der Waals surface area contributed by atoms with E-state index in [0.29, 0.717) is 5.75 Å². The summed E-state index contributed by atoms with van der Waals surface area (Å²) in [6, 6.07) is 17.7. The molecule has 1 aromatic heterocycles. The first-order valence-corrected chi connectivity index (χ1v) is 8.18. The first kappa shape index (κ1) is 16.7. The van der Waals surface area contributed by atoms with Crippen molar-refractivity contribution in [1.82, 2.24) is 4.98 Å². The van der Waals surface area contributed by atoms with Crippen LogP contribution < -0.4 is 4.84 Å². The average molecular weight is 331 g/mol. The van der Waals surface area contributed by atoms with Crippen molar-refractivity contribution in [1.29, 1.82) is 0 Å². The van der Waals surface area contributed by atoms with Crippen molar-refractivity contribution in [3.63, 3.8) is 0 Å².